The predicted molar refractivity (Wildman–Crippen MR) is 114 cm³/mol. The molecule has 4 nitrogen and oxygen atoms in total. The number of para-hydroxylation sites is 1. The molecule has 0 aliphatic carbocycles. The van der Waals surface area contributed by atoms with Crippen LogP contribution in [0.5, 0.6) is 0 Å². The number of aromatic nitrogens is 2. The second-order valence-corrected chi connectivity index (χ2v) is 6.29. The molecule has 3 aromatic rings. The van der Waals surface area contributed by atoms with Crippen molar-refractivity contribution in [1.29, 1.82) is 5.41 Å². The fourth-order valence-corrected chi connectivity index (χ4v) is 2.99. The van der Waals surface area contributed by atoms with Gasteiger partial charge in [0.15, 0.2) is 0 Å². The third-order valence-electron chi connectivity index (χ3n) is 4.35. The van der Waals surface area contributed by atoms with Crippen LogP contribution in [0, 0.1) is 5.41 Å². The van der Waals surface area contributed by atoms with E-state index < -0.39 is 0 Å². The molecule has 0 saturated heterocycles. The fraction of sp³-hybridized carbons (Fsp3) is 0.217. The van der Waals surface area contributed by atoms with Crippen molar-refractivity contribution in [2.75, 3.05) is 0 Å². The van der Waals surface area contributed by atoms with Crippen molar-refractivity contribution < 1.29 is 0 Å². The Kier molecular flexibility index (Phi) is 6.21. The van der Waals surface area contributed by atoms with Crippen LogP contribution in [0.1, 0.15) is 43.6 Å². The Morgan fingerprint density at radius 3 is 2.78 bits per heavy atom. The van der Waals surface area contributed by atoms with Crippen molar-refractivity contribution in [3.05, 3.63) is 77.8 Å². The highest BCUT2D eigenvalue weighted by molar-refractivity contribution is 6.08. The third kappa shape index (κ3) is 4.73. The summed E-state index contributed by atoms with van der Waals surface area (Å²) in [5.41, 5.74) is 4.76. The zero-order valence-corrected chi connectivity index (χ0v) is 15.8. The highest BCUT2D eigenvalue weighted by Crippen LogP contribution is 2.14. The Hall–Kier alpha value is -3.14. The van der Waals surface area contributed by atoms with E-state index >= 15 is 0 Å². The lowest BCUT2D eigenvalue weighted by Gasteiger charge is -2.08. The molecule has 2 aromatic heterocycles. The Morgan fingerprint density at radius 2 is 1.96 bits per heavy atom. The third-order valence-corrected chi connectivity index (χ3v) is 4.35. The molecule has 0 atom stereocenters. The second kappa shape index (κ2) is 8.99. The summed E-state index contributed by atoms with van der Waals surface area (Å²) in [6.07, 6.45) is 7.75. The average molecular weight is 356 g/mol. The maximum absolute atomic E-state index is 8.30. The van der Waals surface area contributed by atoms with Gasteiger partial charge in [-0.05, 0) is 50.1 Å². The first kappa shape index (κ1) is 18.6. The van der Waals surface area contributed by atoms with E-state index in [2.05, 4.69) is 34.0 Å². The number of fused-ring (bicyclic) bond motifs is 1. The van der Waals surface area contributed by atoms with Gasteiger partial charge in [-0.25, -0.2) is 4.99 Å². The number of nitrogens with one attached hydrogen (secondary N) is 1. The smallest absolute Gasteiger partial charge is 0.121 e. The number of hydrogen-bond acceptors (Lipinski definition) is 3. The van der Waals surface area contributed by atoms with E-state index in [-0.39, 0.29) is 0 Å². The van der Waals surface area contributed by atoms with Gasteiger partial charge in [-0.1, -0.05) is 37.3 Å². The molecule has 1 aromatic carbocycles. The Labute approximate surface area is 160 Å². The van der Waals surface area contributed by atoms with Crippen LogP contribution < -0.4 is 0 Å². The molecule has 0 aliphatic rings. The summed E-state index contributed by atoms with van der Waals surface area (Å²) in [6.45, 7) is 4.03. The maximum Gasteiger partial charge on any atom is 0.121 e. The summed E-state index contributed by atoms with van der Waals surface area (Å²) in [5, 5.41) is 9.44. The molecule has 136 valence electrons. The van der Waals surface area contributed by atoms with E-state index in [4.69, 9.17) is 5.41 Å². The standard InChI is InChI=1S/C23H24N4/c1-3-8-22-19(10-7-16-25-22)20(4-2)27-23(24)15-14-18-13-12-17-9-5-6-11-21(17)26-18/h3,5-13,16,24H,4,14-15H2,1-2H3/b8-3-,24-23?,27-20?. The number of nitrogens with zero attached hydrogens (tertiary/aromatic N) is 3. The van der Waals surface area contributed by atoms with Crippen molar-refractivity contribution >= 4 is 28.5 Å². The molecular weight excluding hydrogens is 332 g/mol. The number of aryl methyl sites for hydroxylation is 1. The Morgan fingerprint density at radius 1 is 1.11 bits per heavy atom. The summed E-state index contributed by atoms with van der Waals surface area (Å²) in [6, 6.07) is 16.1. The van der Waals surface area contributed by atoms with Gasteiger partial charge in [-0.15, -0.1) is 0 Å². The molecule has 0 saturated carbocycles. The molecule has 0 amide bonds. The van der Waals surface area contributed by atoms with Gasteiger partial charge in [0.25, 0.3) is 0 Å². The van der Waals surface area contributed by atoms with Gasteiger partial charge in [0.2, 0.25) is 0 Å². The van der Waals surface area contributed by atoms with E-state index in [1.54, 1.807) is 6.20 Å². The molecule has 1 N–H and O–H groups in total. The first-order valence-corrected chi connectivity index (χ1v) is 9.29. The van der Waals surface area contributed by atoms with Crippen LogP contribution in [-0.4, -0.2) is 21.5 Å². The van der Waals surface area contributed by atoms with Gasteiger partial charge < -0.3 is 0 Å². The SMILES string of the molecule is C/C=C\c1ncccc1C(CC)=NC(=N)CCc1ccc2ccccc2n1. The molecule has 0 aliphatic heterocycles. The van der Waals surface area contributed by atoms with E-state index in [1.165, 1.54) is 0 Å². The molecule has 27 heavy (non-hydrogen) atoms. The van der Waals surface area contributed by atoms with Crippen LogP contribution in [-0.2, 0) is 6.42 Å². The Balaban J connectivity index is 1.74. The van der Waals surface area contributed by atoms with E-state index in [0.717, 1.165) is 40.0 Å². The summed E-state index contributed by atoms with van der Waals surface area (Å²) >= 11 is 0. The lowest BCUT2D eigenvalue weighted by atomic mass is 10.1. The molecule has 0 bridgehead atoms. The van der Waals surface area contributed by atoms with Crippen molar-refractivity contribution in [1.82, 2.24) is 9.97 Å². The summed E-state index contributed by atoms with van der Waals surface area (Å²) in [4.78, 5) is 13.7. The first-order valence-electron chi connectivity index (χ1n) is 9.29. The number of allylic oxidation sites excluding steroid dienone is 1. The normalized spacial score (nSPS) is 12.0. The molecular formula is C23H24N4. The van der Waals surface area contributed by atoms with Gasteiger partial charge >= 0.3 is 0 Å². The predicted octanol–water partition coefficient (Wildman–Crippen LogP) is 5.47. The fourth-order valence-electron chi connectivity index (χ4n) is 2.99. The molecule has 0 spiro atoms. The number of rotatable bonds is 6. The quantitative estimate of drug-likeness (QED) is 0.470. The summed E-state index contributed by atoms with van der Waals surface area (Å²) in [5.74, 6) is 0.372. The minimum absolute atomic E-state index is 0.372. The van der Waals surface area contributed by atoms with Crippen LogP contribution in [0.15, 0.2) is 65.8 Å². The largest absolute Gasteiger partial charge is 0.287 e. The van der Waals surface area contributed by atoms with Crippen LogP contribution in [0.3, 0.4) is 0 Å². The Bertz CT molecular complexity index is 1000. The van der Waals surface area contributed by atoms with Gasteiger partial charge in [-0.2, -0.15) is 0 Å². The molecule has 4 heteroatoms. The highest BCUT2D eigenvalue weighted by Gasteiger charge is 2.08. The van der Waals surface area contributed by atoms with Gasteiger partial charge in [-0.3, -0.25) is 15.4 Å². The number of pyridine rings is 2. The lowest BCUT2D eigenvalue weighted by molar-refractivity contribution is 0.969. The van der Waals surface area contributed by atoms with Crippen molar-refractivity contribution in [3.63, 3.8) is 0 Å². The van der Waals surface area contributed by atoms with Crippen LogP contribution in [0.4, 0.5) is 0 Å². The number of benzene rings is 1. The zero-order valence-electron chi connectivity index (χ0n) is 15.8. The average Bonchev–Trinajstić information content (AvgIpc) is 2.71. The first-order chi connectivity index (χ1) is 13.2. The second-order valence-electron chi connectivity index (χ2n) is 6.29. The maximum atomic E-state index is 8.30. The number of hydrogen-bond donors (Lipinski definition) is 1. The minimum Gasteiger partial charge on any atom is -0.287 e. The van der Waals surface area contributed by atoms with Gasteiger partial charge in [0.1, 0.15) is 5.84 Å². The molecule has 3 rings (SSSR count). The van der Waals surface area contributed by atoms with E-state index in [1.807, 2.05) is 55.5 Å². The van der Waals surface area contributed by atoms with Crippen LogP contribution in [0.25, 0.3) is 17.0 Å². The molecule has 0 unspecified atom stereocenters. The molecule has 0 fully saturated rings. The van der Waals surface area contributed by atoms with E-state index in [0.29, 0.717) is 18.7 Å². The monoisotopic (exact) mass is 356 g/mol. The summed E-state index contributed by atoms with van der Waals surface area (Å²) < 4.78 is 0. The highest BCUT2D eigenvalue weighted by atomic mass is 14.8. The minimum atomic E-state index is 0.372. The summed E-state index contributed by atoms with van der Waals surface area (Å²) in [7, 11) is 0. The van der Waals surface area contributed by atoms with E-state index in [9.17, 15) is 0 Å². The van der Waals surface area contributed by atoms with Crippen molar-refractivity contribution in [2.45, 2.75) is 33.1 Å². The lowest BCUT2D eigenvalue weighted by Crippen LogP contribution is -2.07. The number of aliphatic imine (C=N–C) groups is 1. The molecule has 2 heterocycles. The topological polar surface area (TPSA) is 62.0 Å². The van der Waals surface area contributed by atoms with Gasteiger partial charge in [0.05, 0.1) is 16.9 Å². The van der Waals surface area contributed by atoms with Crippen molar-refractivity contribution in [2.24, 2.45) is 4.99 Å². The number of amidine groups is 1. The molecule has 0 radical (unpaired) electrons. The van der Waals surface area contributed by atoms with Crippen molar-refractivity contribution in [3.8, 4) is 0 Å². The van der Waals surface area contributed by atoms with Gasteiger partial charge in [0, 0.05) is 29.3 Å². The zero-order chi connectivity index (χ0) is 19.1. The van der Waals surface area contributed by atoms with Crippen LogP contribution in [0.2, 0.25) is 0 Å². The van der Waals surface area contributed by atoms with Crippen LogP contribution >= 0.6 is 0 Å².